The first-order valence-electron chi connectivity index (χ1n) is 10.4. The van der Waals surface area contributed by atoms with Crippen molar-refractivity contribution in [2.45, 2.75) is 37.6 Å². The highest BCUT2D eigenvalue weighted by Gasteiger charge is 2.45. The number of pyridine rings is 1. The molecule has 1 aromatic heterocycles. The fourth-order valence-electron chi connectivity index (χ4n) is 4.99. The number of fused-ring (bicyclic) bond motifs is 2. The van der Waals surface area contributed by atoms with Gasteiger partial charge in [0.1, 0.15) is 0 Å². The van der Waals surface area contributed by atoms with Crippen molar-refractivity contribution in [3.8, 4) is 0 Å². The number of rotatable bonds is 3. The number of nitrogens with zero attached hydrogens (tertiary/aromatic N) is 2. The van der Waals surface area contributed by atoms with Crippen molar-refractivity contribution < 1.29 is 18.4 Å². The van der Waals surface area contributed by atoms with Gasteiger partial charge in [-0.2, -0.15) is 0 Å². The smallest absolute Gasteiger partial charge is 0.329 e. The molecule has 2 heterocycles. The second kappa shape index (κ2) is 7.72. The van der Waals surface area contributed by atoms with Gasteiger partial charge in [-0.05, 0) is 30.7 Å². The van der Waals surface area contributed by atoms with Gasteiger partial charge in [-0.25, -0.2) is 18.5 Å². The highest BCUT2D eigenvalue weighted by atomic mass is 19.3. The first kappa shape index (κ1) is 19.6. The van der Waals surface area contributed by atoms with Crippen LogP contribution in [0.2, 0.25) is 0 Å². The van der Waals surface area contributed by atoms with E-state index in [0.717, 1.165) is 10.8 Å². The Morgan fingerprint density at radius 2 is 1.77 bits per heavy atom. The second-order valence-electron chi connectivity index (χ2n) is 8.16. The minimum atomic E-state index is -2.55. The Morgan fingerprint density at radius 1 is 1.00 bits per heavy atom. The Hall–Kier alpha value is -3.35. The van der Waals surface area contributed by atoms with Gasteiger partial charge in [-0.15, -0.1) is 0 Å². The molecule has 0 radical (unpaired) electrons. The van der Waals surface area contributed by atoms with Crippen molar-refractivity contribution in [2.75, 3.05) is 4.90 Å². The van der Waals surface area contributed by atoms with Crippen LogP contribution in [0, 0.1) is 5.92 Å². The predicted octanol–water partition coefficient (Wildman–Crippen LogP) is 5.18. The van der Waals surface area contributed by atoms with Crippen molar-refractivity contribution >= 4 is 28.4 Å². The summed E-state index contributed by atoms with van der Waals surface area (Å²) in [6.07, 6.45) is 2.29. The van der Waals surface area contributed by atoms with E-state index < -0.39 is 12.5 Å². The number of imide groups is 1. The molecule has 3 aromatic rings. The van der Waals surface area contributed by atoms with E-state index in [0.29, 0.717) is 30.5 Å². The van der Waals surface area contributed by atoms with Crippen molar-refractivity contribution in [1.82, 2.24) is 10.3 Å². The fourth-order valence-corrected chi connectivity index (χ4v) is 4.99. The second-order valence-corrected chi connectivity index (χ2v) is 8.16. The summed E-state index contributed by atoms with van der Waals surface area (Å²) in [6, 6.07) is 13.2. The summed E-state index contributed by atoms with van der Waals surface area (Å²) < 4.78 is 26.9. The zero-order valence-corrected chi connectivity index (χ0v) is 16.7. The molecule has 5 rings (SSSR count). The molecule has 2 fully saturated rings. The number of alkyl halides is 2. The largest absolute Gasteiger partial charge is 0.334 e. The minimum Gasteiger partial charge on any atom is -0.334 e. The Bertz CT molecular complexity index is 1160. The molecule has 3 amide bonds. The maximum Gasteiger partial charge on any atom is 0.329 e. The molecule has 1 saturated heterocycles. The average molecular weight is 421 g/mol. The van der Waals surface area contributed by atoms with Crippen molar-refractivity contribution in [1.29, 1.82) is 0 Å². The lowest BCUT2D eigenvalue weighted by Crippen LogP contribution is -2.61. The highest BCUT2D eigenvalue weighted by molar-refractivity contribution is 6.20. The number of carbonyl (C=O) groups is 2. The molecule has 7 heteroatoms. The molecule has 1 saturated carbocycles. The SMILES string of the molecule is O=C1NC2CC(c3ccccc3C(F)F)CCC2C(=O)N1c1cncc2ccccc12. The average Bonchev–Trinajstić information content (AvgIpc) is 2.79. The van der Waals surface area contributed by atoms with Crippen LogP contribution in [0.4, 0.5) is 19.3 Å². The van der Waals surface area contributed by atoms with E-state index in [2.05, 4.69) is 10.3 Å². The van der Waals surface area contributed by atoms with Crippen LogP contribution in [-0.2, 0) is 4.79 Å². The van der Waals surface area contributed by atoms with E-state index in [1.807, 2.05) is 24.3 Å². The zero-order chi connectivity index (χ0) is 21.5. The van der Waals surface area contributed by atoms with Gasteiger partial charge in [0.2, 0.25) is 5.91 Å². The number of anilines is 1. The normalized spacial score (nSPS) is 23.7. The first-order chi connectivity index (χ1) is 15.0. The molecule has 31 heavy (non-hydrogen) atoms. The number of halogens is 2. The number of carbonyl (C=O) groups excluding carboxylic acids is 2. The molecule has 2 aliphatic rings. The number of benzene rings is 2. The van der Waals surface area contributed by atoms with Gasteiger partial charge in [-0.1, -0.05) is 48.5 Å². The fraction of sp³-hybridized carbons (Fsp3) is 0.292. The quantitative estimate of drug-likeness (QED) is 0.634. The number of urea groups is 1. The van der Waals surface area contributed by atoms with Crippen molar-refractivity contribution in [3.63, 3.8) is 0 Å². The maximum atomic E-state index is 13.5. The Kier molecular flexibility index (Phi) is 4.88. The lowest BCUT2D eigenvalue weighted by molar-refractivity contribution is -0.124. The van der Waals surface area contributed by atoms with Crippen LogP contribution in [0.1, 0.15) is 42.7 Å². The van der Waals surface area contributed by atoms with Crippen LogP contribution >= 0.6 is 0 Å². The summed E-state index contributed by atoms with van der Waals surface area (Å²) in [6.45, 7) is 0. The molecule has 2 aromatic carbocycles. The lowest BCUT2D eigenvalue weighted by atomic mass is 9.73. The third-order valence-corrected chi connectivity index (χ3v) is 6.46. The summed E-state index contributed by atoms with van der Waals surface area (Å²) >= 11 is 0. The van der Waals surface area contributed by atoms with E-state index >= 15 is 0 Å². The molecular weight excluding hydrogens is 400 g/mol. The van der Waals surface area contributed by atoms with Crippen LogP contribution in [0.15, 0.2) is 60.9 Å². The van der Waals surface area contributed by atoms with Gasteiger partial charge in [0.25, 0.3) is 6.43 Å². The summed E-state index contributed by atoms with van der Waals surface area (Å²) in [5, 5.41) is 4.58. The monoisotopic (exact) mass is 421 g/mol. The van der Waals surface area contributed by atoms with E-state index in [1.54, 1.807) is 24.4 Å². The van der Waals surface area contributed by atoms with Crippen molar-refractivity contribution in [2.24, 2.45) is 5.92 Å². The lowest BCUT2D eigenvalue weighted by Gasteiger charge is -2.42. The van der Waals surface area contributed by atoms with Gasteiger partial charge in [0, 0.05) is 28.6 Å². The van der Waals surface area contributed by atoms with Crippen molar-refractivity contribution in [3.05, 3.63) is 72.1 Å². The van der Waals surface area contributed by atoms with Crippen LogP contribution in [0.5, 0.6) is 0 Å². The first-order valence-corrected chi connectivity index (χ1v) is 10.4. The molecule has 1 N–H and O–H groups in total. The molecule has 1 aliphatic heterocycles. The number of aromatic nitrogens is 1. The summed E-state index contributed by atoms with van der Waals surface area (Å²) in [5.41, 5.74) is 1.10. The number of nitrogens with one attached hydrogen (secondary N) is 1. The Morgan fingerprint density at radius 3 is 2.61 bits per heavy atom. The minimum absolute atomic E-state index is 0.0304. The third kappa shape index (κ3) is 3.34. The number of hydrogen-bond acceptors (Lipinski definition) is 3. The molecule has 3 unspecified atom stereocenters. The topological polar surface area (TPSA) is 62.3 Å². The number of hydrogen-bond donors (Lipinski definition) is 1. The summed E-state index contributed by atoms with van der Waals surface area (Å²) in [7, 11) is 0. The number of amides is 3. The standard InChI is InChI=1S/C24H21F2N3O2/c25-22(26)18-8-4-3-6-16(18)14-9-10-19-20(11-14)28-24(31)29(23(19)30)21-13-27-12-15-5-1-2-7-17(15)21/h1-8,12-14,19-20,22H,9-11H2,(H,28,31). The van der Waals surface area contributed by atoms with E-state index in [1.165, 1.54) is 17.2 Å². The van der Waals surface area contributed by atoms with Crippen LogP contribution in [0.25, 0.3) is 10.8 Å². The van der Waals surface area contributed by atoms with Gasteiger partial charge < -0.3 is 5.32 Å². The van der Waals surface area contributed by atoms with E-state index in [-0.39, 0.29) is 29.3 Å². The van der Waals surface area contributed by atoms with Gasteiger partial charge >= 0.3 is 6.03 Å². The molecular formula is C24H21F2N3O2. The predicted molar refractivity (Wildman–Crippen MR) is 113 cm³/mol. The molecule has 1 aliphatic carbocycles. The van der Waals surface area contributed by atoms with E-state index in [9.17, 15) is 18.4 Å². The van der Waals surface area contributed by atoms with Gasteiger partial charge in [-0.3, -0.25) is 9.78 Å². The molecule has 3 atom stereocenters. The van der Waals surface area contributed by atoms with Gasteiger partial charge in [0.05, 0.1) is 17.8 Å². The Balaban J connectivity index is 1.43. The van der Waals surface area contributed by atoms with Gasteiger partial charge in [0.15, 0.2) is 0 Å². The molecule has 5 nitrogen and oxygen atoms in total. The third-order valence-electron chi connectivity index (χ3n) is 6.46. The molecule has 158 valence electrons. The van der Waals surface area contributed by atoms with Crippen LogP contribution in [0.3, 0.4) is 0 Å². The van der Waals surface area contributed by atoms with Crippen LogP contribution < -0.4 is 10.2 Å². The maximum absolute atomic E-state index is 13.5. The summed E-state index contributed by atoms with van der Waals surface area (Å²) in [4.78, 5) is 31.7. The zero-order valence-electron chi connectivity index (χ0n) is 16.7. The molecule has 0 spiro atoms. The summed E-state index contributed by atoms with van der Waals surface area (Å²) in [5.74, 6) is -0.760. The van der Waals surface area contributed by atoms with E-state index in [4.69, 9.17) is 0 Å². The Labute approximate surface area is 178 Å². The highest BCUT2D eigenvalue weighted by Crippen LogP contribution is 2.42. The molecule has 0 bridgehead atoms. The van der Waals surface area contributed by atoms with Crippen LogP contribution in [-0.4, -0.2) is 23.0 Å².